The van der Waals surface area contributed by atoms with E-state index in [9.17, 15) is 10.2 Å². The zero-order valence-corrected chi connectivity index (χ0v) is 11.9. The van der Waals surface area contributed by atoms with Crippen LogP contribution in [0.1, 0.15) is 65.7 Å². The van der Waals surface area contributed by atoms with Crippen LogP contribution in [0.4, 0.5) is 0 Å². The van der Waals surface area contributed by atoms with E-state index in [0.29, 0.717) is 11.8 Å². The fourth-order valence-corrected chi connectivity index (χ4v) is 2.40. The SMILES string of the molecule is [CH2]CC(CCCCCC(CC)C(C)O)C(C)O. The Balaban J connectivity index is 3.57. The fraction of sp³-hybridized carbons (Fsp3) is 0.933. The van der Waals surface area contributed by atoms with Crippen LogP contribution >= 0.6 is 0 Å². The van der Waals surface area contributed by atoms with Crippen molar-refractivity contribution in [3.05, 3.63) is 6.92 Å². The first-order valence-corrected chi connectivity index (χ1v) is 7.18. The zero-order chi connectivity index (χ0) is 13.3. The van der Waals surface area contributed by atoms with Crippen LogP contribution in [0.25, 0.3) is 0 Å². The Hall–Kier alpha value is -0.0800. The van der Waals surface area contributed by atoms with E-state index in [1.54, 1.807) is 0 Å². The Morgan fingerprint density at radius 1 is 0.882 bits per heavy atom. The molecule has 0 aromatic rings. The van der Waals surface area contributed by atoms with Crippen LogP contribution in [0.5, 0.6) is 0 Å². The van der Waals surface area contributed by atoms with Gasteiger partial charge in [0.15, 0.2) is 0 Å². The van der Waals surface area contributed by atoms with E-state index in [1.165, 1.54) is 19.3 Å². The Labute approximate surface area is 107 Å². The molecule has 0 aliphatic rings. The standard InChI is InChI=1S/C15H31O2/c1-5-14(12(3)16)10-8-7-9-11-15(6-2)13(4)17/h12-17H,1,5-11H2,2-4H3. The number of hydrogen-bond acceptors (Lipinski definition) is 2. The molecule has 4 atom stereocenters. The van der Waals surface area contributed by atoms with Crippen LogP contribution in [-0.4, -0.2) is 22.4 Å². The second-order valence-corrected chi connectivity index (χ2v) is 5.34. The van der Waals surface area contributed by atoms with Gasteiger partial charge in [-0.05, 0) is 44.9 Å². The fourth-order valence-electron chi connectivity index (χ4n) is 2.40. The maximum absolute atomic E-state index is 9.53. The second-order valence-electron chi connectivity index (χ2n) is 5.34. The third kappa shape index (κ3) is 7.77. The highest BCUT2D eigenvalue weighted by atomic mass is 16.3. The summed E-state index contributed by atoms with van der Waals surface area (Å²) in [5.74, 6) is 0.809. The quantitative estimate of drug-likeness (QED) is 0.576. The predicted octanol–water partition coefficient (Wildman–Crippen LogP) is 3.57. The molecule has 17 heavy (non-hydrogen) atoms. The Bertz CT molecular complexity index is 148. The maximum atomic E-state index is 9.53. The lowest BCUT2D eigenvalue weighted by atomic mass is 9.91. The topological polar surface area (TPSA) is 40.5 Å². The maximum Gasteiger partial charge on any atom is 0.0540 e. The third-order valence-corrected chi connectivity index (χ3v) is 3.91. The summed E-state index contributed by atoms with van der Waals surface area (Å²) in [6.07, 6.45) is 7.24. The molecule has 0 aliphatic heterocycles. The van der Waals surface area contributed by atoms with Crippen LogP contribution in [0.2, 0.25) is 0 Å². The van der Waals surface area contributed by atoms with Crippen molar-refractivity contribution in [1.29, 1.82) is 0 Å². The van der Waals surface area contributed by atoms with Crippen molar-refractivity contribution in [2.24, 2.45) is 11.8 Å². The molecule has 4 unspecified atom stereocenters. The zero-order valence-electron chi connectivity index (χ0n) is 11.9. The highest BCUT2D eigenvalue weighted by molar-refractivity contribution is 4.67. The normalized spacial score (nSPS) is 18.7. The first-order chi connectivity index (χ1) is 8.02. The van der Waals surface area contributed by atoms with Gasteiger partial charge >= 0.3 is 0 Å². The van der Waals surface area contributed by atoms with Gasteiger partial charge in [-0.3, -0.25) is 0 Å². The van der Waals surface area contributed by atoms with Gasteiger partial charge in [0.25, 0.3) is 0 Å². The Kier molecular flexibility index (Phi) is 9.85. The van der Waals surface area contributed by atoms with Crippen LogP contribution in [0.15, 0.2) is 0 Å². The van der Waals surface area contributed by atoms with Gasteiger partial charge in [-0.2, -0.15) is 0 Å². The molecule has 0 aromatic carbocycles. The first-order valence-electron chi connectivity index (χ1n) is 7.18. The summed E-state index contributed by atoms with van der Waals surface area (Å²) >= 11 is 0. The molecule has 0 rings (SSSR count). The molecule has 0 spiro atoms. The van der Waals surface area contributed by atoms with Gasteiger partial charge in [-0.25, -0.2) is 0 Å². The van der Waals surface area contributed by atoms with Gasteiger partial charge in [-0.1, -0.05) is 39.5 Å². The van der Waals surface area contributed by atoms with Crippen molar-refractivity contribution in [1.82, 2.24) is 0 Å². The molecule has 2 N–H and O–H groups in total. The average Bonchev–Trinajstić information content (AvgIpc) is 2.27. The minimum absolute atomic E-state index is 0.176. The molecule has 0 heterocycles. The molecule has 0 amide bonds. The molecule has 103 valence electrons. The lowest BCUT2D eigenvalue weighted by Crippen LogP contribution is -2.16. The van der Waals surface area contributed by atoms with Gasteiger partial charge in [0.05, 0.1) is 12.2 Å². The minimum Gasteiger partial charge on any atom is -0.393 e. The summed E-state index contributed by atoms with van der Waals surface area (Å²) in [5, 5.41) is 19.0. The number of hydrogen-bond donors (Lipinski definition) is 2. The van der Waals surface area contributed by atoms with E-state index in [4.69, 9.17) is 0 Å². The lowest BCUT2D eigenvalue weighted by Gasteiger charge is -2.19. The highest BCUT2D eigenvalue weighted by Crippen LogP contribution is 2.21. The van der Waals surface area contributed by atoms with Crippen molar-refractivity contribution >= 4 is 0 Å². The van der Waals surface area contributed by atoms with E-state index in [1.807, 2.05) is 13.8 Å². The molecule has 0 saturated carbocycles. The van der Waals surface area contributed by atoms with E-state index in [0.717, 1.165) is 25.7 Å². The molecule has 0 aromatic heterocycles. The van der Waals surface area contributed by atoms with Crippen molar-refractivity contribution in [3.8, 4) is 0 Å². The monoisotopic (exact) mass is 243 g/mol. The summed E-state index contributed by atoms with van der Waals surface area (Å²) in [4.78, 5) is 0. The number of rotatable bonds is 10. The van der Waals surface area contributed by atoms with Gasteiger partial charge in [-0.15, -0.1) is 0 Å². The van der Waals surface area contributed by atoms with Gasteiger partial charge in [0.2, 0.25) is 0 Å². The first kappa shape index (κ1) is 16.9. The molecule has 0 aliphatic carbocycles. The van der Waals surface area contributed by atoms with Crippen molar-refractivity contribution < 1.29 is 10.2 Å². The van der Waals surface area contributed by atoms with Crippen molar-refractivity contribution in [3.63, 3.8) is 0 Å². The van der Waals surface area contributed by atoms with E-state index in [2.05, 4.69) is 13.8 Å². The van der Waals surface area contributed by atoms with Gasteiger partial charge in [0, 0.05) is 0 Å². The lowest BCUT2D eigenvalue weighted by molar-refractivity contribution is 0.113. The third-order valence-electron chi connectivity index (χ3n) is 3.91. The van der Waals surface area contributed by atoms with E-state index in [-0.39, 0.29) is 12.2 Å². The van der Waals surface area contributed by atoms with Crippen molar-refractivity contribution in [2.75, 3.05) is 0 Å². The summed E-state index contributed by atoms with van der Waals surface area (Å²) in [6, 6.07) is 0. The predicted molar refractivity (Wildman–Crippen MR) is 73.7 cm³/mol. The summed E-state index contributed by atoms with van der Waals surface area (Å²) < 4.78 is 0. The molecule has 2 nitrogen and oxygen atoms in total. The Morgan fingerprint density at radius 3 is 1.71 bits per heavy atom. The van der Waals surface area contributed by atoms with Crippen LogP contribution in [-0.2, 0) is 0 Å². The molecule has 1 radical (unpaired) electrons. The molecule has 2 heteroatoms. The smallest absolute Gasteiger partial charge is 0.0540 e. The van der Waals surface area contributed by atoms with Crippen LogP contribution in [0.3, 0.4) is 0 Å². The van der Waals surface area contributed by atoms with Crippen LogP contribution < -0.4 is 0 Å². The highest BCUT2D eigenvalue weighted by Gasteiger charge is 2.13. The number of aliphatic hydroxyl groups is 2. The van der Waals surface area contributed by atoms with Gasteiger partial charge in [0.1, 0.15) is 0 Å². The molecule has 0 saturated heterocycles. The van der Waals surface area contributed by atoms with Crippen molar-refractivity contribution in [2.45, 2.75) is 77.9 Å². The van der Waals surface area contributed by atoms with Crippen LogP contribution in [0, 0.1) is 18.8 Å². The summed E-state index contributed by atoms with van der Waals surface area (Å²) in [7, 11) is 0. The average molecular weight is 243 g/mol. The summed E-state index contributed by atoms with van der Waals surface area (Å²) in [6.45, 7) is 9.77. The Morgan fingerprint density at radius 2 is 1.35 bits per heavy atom. The molecular formula is C15H31O2. The molecule has 0 fully saturated rings. The number of aliphatic hydroxyl groups excluding tert-OH is 2. The van der Waals surface area contributed by atoms with E-state index < -0.39 is 0 Å². The minimum atomic E-state index is -0.228. The molecular weight excluding hydrogens is 212 g/mol. The summed E-state index contributed by atoms with van der Waals surface area (Å²) in [5.41, 5.74) is 0. The largest absolute Gasteiger partial charge is 0.393 e. The number of unbranched alkanes of at least 4 members (excludes halogenated alkanes) is 2. The van der Waals surface area contributed by atoms with E-state index >= 15 is 0 Å². The van der Waals surface area contributed by atoms with Gasteiger partial charge < -0.3 is 10.2 Å². The molecule has 0 bridgehead atoms. The second kappa shape index (κ2) is 9.90.